The quantitative estimate of drug-likeness (QED) is 0.720. The number of aliphatic carboxylic acids is 1. The van der Waals surface area contributed by atoms with Crippen molar-refractivity contribution in [2.75, 3.05) is 0 Å². The number of carboxylic acid groups (broad SMARTS) is 1. The largest absolute Gasteiger partial charge is 0.476 e. The molecular weight excluding hydrogens is 322 g/mol. The Morgan fingerprint density at radius 3 is 2.04 bits per heavy atom. The monoisotopic (exact) mass is 341 g/mol. The number of Topliss-reactive ketones (excluding diaryl/α,β-unsaturated/α-hetero) is 1. The van der Waals surface area contributed by atoms with Crippen molar-refractivity contribution in [1.29, 1.82) is 0 Å². The van der Waals surface area contributed by atoms with E-state index in [1.54, 1.807) is 0 Å². The summed E-state index contributed by atoms with van der Waals surface area (Å²) in [5.41, 5.74) is 1.72. The number of ketones is 1. The van der Waals surface area contributed by atoms with Gasteiger partial charge in [-0.2, -0.15) is 0 Å². The Kier molecular flexibility index (Phi) is 6.71. The molecule has 0 bridgehead atoms. The average molecular weight is 341 g/mol. The lowest BCUT2D eigenvalue weighted by molar-refractivity contribution is -0.149. The van der Waals surface area contributed by atoms with Gasteiger partial charge in [0.25, 0.3) is 0 Å². The fraction of sp³-hybridized carbons (Fsp3) is 0.211. The van der Waals surface area contributed by atoms with Crippen LogP contribution in [-0.2, 0) is 27.4 Å². The van der Waals surface area contributed by atoms with Crippen molar-refractivity contribution in [1.82, 2.24) is 5.32 Å². The first-order valence-corrected chi connectivity index (χ1v) is 7.82. The second-order valence-electron chi connectivity index (χ2n) is 5.53. The zero-order chi connectivity index (χ0) is 18.1. The van der Waals surface area contributed by atoms with Crippen LogP contribution >= 0.6 is 0 Å². The molecule has 0 spiro atoms. The van der Waals surface area contributed by atoms with Crippen molar-refractivity contribution in [3.63, 3.8) is 0 Å². The Morgan fingerprint density at radius 1 is 0.920 bits per heavy atom. The molecular formula is C19H19NO5. The summed E-state index contributed by atoms with van der Waals surface area (Å²) in [6, 6.07) is 17.7. The normalized spacial score (nSPS) is 11.4. The third kappa shape index (κ3) is 6.47. The van der Waals surface area contributed by atoms with Crippen LogP contribution in [0.15, 0.2) is 60.7 Å². The third-order valence-corrected chi connectivity index (χ3v) is 3.53. The highest BCUT2D eigenvalue weighted by Crippen LogP contribution is 2.08. The molecule has 0 unspecified atom stereocenters. The average Bonchev–Trinajstić information content (AvgIpc) is 2.61. The van der Waals surface area contributed by atoms with Crippen LogP contribution in [0, 0.1) is 0 Å². The van der Waals surface area contributed by atoms with Crippen LogP contribution in [0.25, 0.3) is 0 Å². The van der Waals surface area contributed by atoms with E-state index in [0.29, 0.717) is 6.42 Å². The van der Waals surface area contributed by atoms with E-state index in [0.717, 1.165) is 11.1 Å². The van der Waals surface area contributed by atoms with Crippen molar-refractivity contribution in [2.24, 2.45) is 0 Å². The van der Waals surface area contributed by atoms with E-state index in [9.17, 15) is 14.4 Å². The van der Waals surface area contributed by atoms with Crippen LogP contribution in [-0.4, -0.2) is 29.0 Å². The zero-order valence-corrected chi connectivity index (χ0v) is 13.6. The molecule has 0 radical (unpaired) electrons. The van der Waals surface area contributed by atoms with Gasteiger partial charge >= 0.3 is 12.1 Å². The number of alkyl carbamates (subject to hydrolysis) is 1. The second-order valence-corrected chi connectivity index (χ2v) is 5.53. The van der Waals surface area contributed by atoms with E-state index in [1.165, 1.54) is 0 Å². The van der Waals surface area contributed by atoms with E-state index in [1.807, 2.05) is 60.7 Å². The number of rotatable bonds is 8. The molecule has 0 aliphatic rings. The van der Waals surface area contributed by atoms with Crippen LogP contribution in [0.1, 0.15) is 17.5 Å². The molecule has 0 saturated heterocycles. The van der Waals surface area contributed by atoms with E-state index >= 15 is 0 Å². The summed E-state index contributed by atoms with van der Waals surface area (Å²) in [4.78, 5) is 34.3. The van der Waals surface area contributed by atoms with Crippen molar-refractivity contribution in [2.45, 2.75) is 25.5 Å². The van der Waals surface area contributed by atoms with Gasteiger partial charge in [-0.1, -0.05) is 60.7 Å². The predicted octanol–water partition coefficient (Wildman–Crippen LogP) is 2.57. The second kappa shape index (κ2) is 9.22. The van der Waals surface area contributed by atoms with Gasteiger partial charge in [-0.15, -0.1) is 0 Å². The van der Waals surface area contributed by atoms with Gasteiger partial charge in [0.05, 0.1) is 0 Å². The molecule has 0 aromatic heterocycles. The number of hydrogen-bond acceptors (Lipinski definition) is 4. The fourth-order valence-electron chi connectivity index (χ4n) is 2.32. The zero-order valence-electron chi connectivity index (χ0n) is 13.6. The number of amides is 1. The molecule has 2 aromatic rings. The first kappa shape index (κ1) is 18.2. The summed E-state index contributed by atoms with van der Waals surface area (Å²) in [7, 11) is 0. The molecule has 0 fully saturated rings. The van der Waals surface area contributed by atoms with Crippen LogP contribution in [0.4, 0.5) is 4.79 Å². The van der Waals surface area contributed by atoms with Crippen LogP contribution < -0.4 is 5.32 Å². The molecule has 0 aliphatic heterocycles. The lowest BCUT2D eigenvalue weighted by atomic mass is 10.0. The Labute approximate surface area is 145 Å². The molecule has 25 heavy (non-hydrogen) atoms. The predicted molar refractivity (Wildman–Crippen MR) is 91.0 cm³/mol. The summed E-state index contributed by atoms with van der Waals surface area (Å²) < 4.78 is 5.13. The summed E-state index contributed by atoms with van der Waals surface area (Å²) >= 11 is 0. The lowest BCUT2D eigenvalue weighted by Gasteiger charge is -2.17. The van der Waals surface area contributed by atoms with Crippen molar-refractivity contribution in [3.05, 3.63) is 71.8 Å². The maximum Gasteiger partial charge on any atom is 0.407 e. The highest BCUT2D eigenvalue weighted by atomic mass is 16.5. The Balaban J connectivity index is 1.95. The number of carbonyl (C=O) groups is 3. The number of hydrogen-bond donors (Lipinski definition) is 2. The van der Waals surface area contributed by atoms with Gasteiger partial charge in [0, 0.05) is 12.5 Å². The number of nitrogens with one attached hydrogen (secondary N) is 1. The molecule has 0 aliphatic carbocycles. The first-order chi connectivity index (χ1) is 12.0. The fourth-order valence-corrected chi connectivity index (χ4v) is 2.32. The topological polar surface area (TPSA) is 92.7 Å². The van der Waals surface area contributed by atoms with Gasteiger partial charge in [0.15, 0.2) is 0 Å². The minimum atomic E-state index is -1.52. The van der Waals surface area contributed by atoms with Gasteiger partial charge < -0.3 is 15.2 Å². The summed E-state index contributed by atoms with van der Waals surface area (Å²) in [6.07, 6.45) is -0.659. The van der Waals surface area contributed by atoms with Crippen molar-refractivity contribution < 1.29 is 24.2 Å². The minimum Gasteiger partial charge on any atom is -0.476 e. The molecule has 1 atom stereocenters. The molecule has 6 nitrogen and oxygen atoms in total. The van der Waals surface area contributed by atoms with E-state index in [2.05, 4.69) is 5.32 Å². The highest BCUT2D eigenvalue weighted by Gasteiger charge is 2.21. The van der Waals surface area contributed by atoms with E-state index in [4.69, 9.17) is 9.84 Å². The van der Waals surface area contributed by atoms with Crippen molar-refractivity contribution in [3.8, 4) is 0 Å². The standard InChI is InChI=1S/C19H19NO5/c21-17(18(22)23)12-16(11-14-7-3-1-4-8-14)20-19(24)25-13-15-9-5-2-6-10-15/h1-10,16H,11-13H2,(H,20,24)(H,22,23)/t16-/m0/s1. The van der Waals surface area contributed by atoms with E-state index in [-0.39, 0.29) is 13.0 Å². The highest BCUT2D eigenvalue weighted by molar-refractivity contribution is 6.32. The number of benzene rings is 2. The van der Waals surface area contributed by atoms with Crippen LogP contribution in [0.5, 0.6) is 0 Å². The van der Waals surface area contributed by atoms with Gasteiger partial charge in [0.2, 0.25) is 5.78 Å². The van der Waals surface area contributed by atoms with Gasteiger partial charge in [-0.05, 0) is 17.5 Å². The van der Waals surface area contributed by atoms with E-state index < -0.39 is 23.9 Å². The smallest absolute Gasteiger partial charge is 0.407 e. The van der Waals surface area contributed by atoms with Crippen LogP contribution in [0.3, 0.4) is 0 Å². The molecule has 6 heteroatoms. The van der Waals surface area contributed by atoms with Gasteiger partial charge in [-0.25, -0.2) is 9.59 Å². The van der Waals surface area contributed by atoms with Gasteiger partial charge in [0.1, 0.15) is 6.61 Å². The number of ether oxygens (including phenoxy) is 1. The molecule has 2 aromatic carbocycles. The molecule has 1 amide bonds. The molecule has 0 saturated carbocycles. The number of carboxylic acids is 1. The Morgan fingerprint density at radius 2 is 1.48 bits per heavy atom. The molecule has 0 heterocycles. The first-order valence-electron chi connectivity index (χ1n) is 7.82. The summed E-state index contributed by atoms with van der Waals surface area (Å²) in [5, 5.41) is 11.4. The minimum absolute atomic E-state index is 0.0948. The Bertz CT molecular complexity index is 715. The maximum atomic E-state index is 12.0. The summed E-state index contributed by atoms with van der Waals surface area (Å²) in [6.45, 7) is 0.0948. The maximum absolute atomic E-state index is 12.0. The SMILES string of the molecule is O=C(N[C@H](CC(=O)C(=O)O)Cc1ccccc1)OCc1ccccc1. The molecule has 2 rings (SSSR count). The Hall–Kier alpha value is -3.15. The third-order valence-electron chi connectivity index (χ3n) is 3.53. The summed E-state index contributed by atoms with van der Waals surface area (Å²) in [5.74, 6) is -2.47. The molecule has 2 N–H and O–H groups in total. The molecule has 130 valence electrons. The van der Waals surface area contributed by atoms with Gasteiger partial charge in [-0.3, -0.25) is 4.79 Å². The lowest BCUT2D eigenvalue weighted by Crippen LogP contribution is -2.39. The van der Waals surface area contributed by atoms with Crippen molar-refractivity contribution >= 4 is 17.8 Å². The number of carbonyl (C=O) groups excluding carboxylic acids is 2. The van der Waals surface area contributed by atoms with Crippen LogP contribution in [0.2, 0.25) is 0 Å².